The predicted octanol–water partition coefficient (Wildman–Crippen LogP) is 2.06. The summed E-state index contributed by atoms with van der Waals surface area (Å²) < 4.78 is 1.15. The van der Waals surface area contributed by atoms with Crippen molar-refractivity contribution >= 4 is 6.21 Å². The van der Waals surface area contributed by atoms with Gasteiger partial charge in [-0.25, -0.2) is 9.36 Å². The molecule has 7 nitrogen and oxygen atoms in total. The predicted molar refractivity (Wildman–Crippen MR) is 111 cm³/mol. The van der Waals surface area contributed by atoms with Crippen LogP contribution in [0.2, 0.25) is 0 Å². The smallest absolute Gasteiger partial charge is 0.335 e. The molecule has 0 unspecified atom stereocenters. The first-order valence-electron chi connectivity index (χ1n) is 9.77. The average Bonchev–Trinajstić information content (AvgIpc) is 2.63. The zero-order valence-electron chi connectivity index (χ0n) is 16.8. The van der Waals surface area contributed by atoms with E-state index in [0.29, 0.717) is 12.2 Å². The van der Waals surface area contributed by atoms with Gasteiger partial charge in [-0.3, -0.25) is 14.8 Å². The number of rotatable bonds is 5. The summed E-state index contributed by atoms with van der Waals surface area (Å²) in [5.41, 5.74) is 2.02. The second-order valence-corrected chi connectivity index (χ2v) is 7.52. The van der Waals surface area contributed by atoms with Gasteiger partial charge < -0.3 is 10.0 Å². The van der Waals surface area contributed by atoms with Crippen molar-refractivity contribution in [3.05, 3.63) is 55.2 Å². The molecule has 1 aromatic heterocycles. The van der Waals surface area contributed by atoms with Gasteiger partial charge in [0.05, 0.1) is 12.2 Å². The Bertz CT molecular complexity index is 975. The van der Waals surface area contributed by atoms with Crippen molar-refractivity contribution in [1.29, 1.82) is 0 Å². The van der Waals surface area contributed by atoms with Crippen LogP contribution in [0, 0.1) is 20.8 Å². The molecule has 3 rings (SSSR count). The lowest BCUT2D eigenvalue weighted by atomic mass is 10.0. The molecule has 2 heterocycles. The first kappa shape index (κ1) is 20.1. The molecule has 7 heteroatoms. The van der Waals surface area contributed by atoms with Gasteiger partial charge in [-0.1, -0.05) is 24.1 Å². The van der Waals surface area contributed by atoms with E-state index in [4.69, 9.17) is 0 Å². The number of aromatic nitrogens is 2. The molecule has 0 radical (unpaired) electrons. The molecular formula is C21H28N4O3. The third kappa shape index (κ3) is 4.25. The van der Waals surface area contributed by atoms with Gasteiger partial charge in [-0.05, 0) is 57.8 Å². The van der Waals surface area contributed by atoms with Crippen LogP contribution in [0.5, 0.6) is 5.88 Å². The van der Waals surface area contributed by atoms with E-state index in [9.17, 15) is 14.7 Å². The maximum atomic E-state index is 12.4. The van der Waals surface area contributed by atoms with Crippen molar-refractivity contribution in [3.63, 3.8) is 0 Å². The Hall–Kier alpha value is -2.67. The number of aromatic hydroxyl groups is 1. The number of benzene rings is 1. The molecule has 1 aromatic carbocycles. The number of aliphatic imine (C=N–C) groups is 1. The van der Waals surface area contributed by atoms with Gasteiger partial charge in [0.25, 0.3) is 5.56 Å². The highest BCUT2D eigenvalue weighted by atomic mass is 16.3. The van der Waals surface area contributed by atoms with Crippen LogP contribution in [-0.2, 0) is 0 Å². The highest BCUT2D eigenvalue weighted by Gasteiger charge is 2.17. The zero-order chi connectivity index (χ0) is 20.3. The number of nitrogens with one attached hydrogen (secondary N) is 1. The van der Waals surface area contributed by atoms with Crippen LogP contribution in [0.3, 0.4) is 0 Å². The number of nitrogens with zero attached hydrogens (tertiary/aromatic N) is 3. The number of hydrogen-bond acceptors (Lipinski definition) is 5. The molecule has 0 atom stereocenters. The molecule has 2 N–H and O–H groups in total. The summed E-state index contributed by atoms with van der Waals surface area (Å²) in [5.74, 6) is -0.384. The Kier molecular flexibility index (Phi) is 6.14. The standard InChI is InChI=1S/C21H28N4O3/c1-14-11-15(2)18(16(3)12-14)25-20(27)17(19(26)23-21(25)28)13-22-7-10-24-8-5-4-6-9-24/h11-13,27H,4-10H2,1-3H3,(H,23,26,28). The third-order valence-corrected chi connectivity index (χ3v) is 5.19. The van der Waals surface area contributed by atoms with E-state index in [1.807, 2.05) is 32.9 Å². The second kappa shape index (κ2) is 8.56. The van der Waals surface area contributed by atoms with Gasteiger partial charge in [-0.2, -0.15) is 0 Å². The van der Waals surface area contributed by atoms with Crippen LogP contribution in [0.15, 0.2) is 26.7 Å². The monoisotopic (exact) mass is 384 g/mol. The van der Waals surface area contributed by atoms with E-state index in [2.05, 4.69) is 14.9 Å². The second-order valence-electron chi connectivity index (χ2n) is 7.52. The van der Waals surface area contributed by atoms with Gasteiger partial charge >= 0.3 is 5.69 Å². The molecule has 0 saturated carbocycles. The van der Waals surface area contributed by atoms with Crippen LogP contribution in [0.4, 0.5) is 0 Å². The highest BCUT2D eigenvalue weighted by Crippen LogP contribution is 2.23. The topological polar surface area (TPSA) is 90.7 Å². The summed E-state index contributed by atoms with van der Waals surface area (Å²) in [6.45, 7) is 9.25. The van der Waals surface area contributed by atoms with Crippen LogP contribution < -0.4 is 11.2 Å². The molecule has 150 valence electrons. The molecule has 1 fully saturated rings. The number of hydrogen-bond donors (Lipinski definition) is 2. The van der Waals surface area contributed by atoms with Crippen molar-refractivity contribution in [3.8, 4) is 11.6 Å². The summed E-state index contributed by atoms with van der Waals surface area (Å²) in [6.07, 6.45) is 5.07. The highest BCUT2D eigenvalue weighted by molar-refractivity contribution is 5.82. The van der Waals surface area contributed by atoms with Crippen LogP contribution in [-0.4, -0.2) is 52.0 Å². The summed E-state index contributed by atoms with van der Waals surface area (Å²) in [4.78, 5) is 33.6. The van der Waals surface area contributed by atoms with Gasteiger partial charge in [0.15, 0.2) is 0 Å². The van der Waals surface area contributed by atoms with E-state index in [-0.39, 0.29) is 11.4 Å². The number of aromatic amines is 1. The minimum Gasteiger partial charge on any atom is -0.493 e. The van der Waals surface area contributed by atoms with Crippen molar-refractivity contribution < 1.29 is 5.11 Å². The fraction of sp³-hybridized carbons (Fsp3) is 0.476. The molecule has 0 amide bonds. The van der Waals surface area contributed by atoms with Gasteiger partial charge in [0.1, 0.15) is 5.56 Å². The first-order valence-corrected chi connectivity index (χ1v) is 9.77. The lowest BCUT2D eigenvalue weighted by Gasteiger charge is -2.25. The quantitative estimate of drug-likeness (QED) is 0.772. The van der Waals surface area contributed by atoms with E-state index < -0.39 is 11.2 Å². The van der Waals surface area contributed by atoms with E-state index in [0.717, 1.165) is 40.9 Å². The van der Waals surface area contributed by atoms with Gasteiger partial charge in [0, 0.05) is 12.8 Å². The maximum Gasteiger partial charge on any atom is 0.335 e. The number of H-pyrrole nitrogens is 1. The molecular weight excluding hydrogens is 356 g/mol. The molecule has 1 aliphatic rings. The van der Waals surface area contributed by atoms with Crippen LogP contribution >= 0.6 is 0 Å². The summed E-state index contributed by atoms with van der Waals surface area (Å²) in [7, 11) is 0. The third-order valence-electron chi connectivity index (χ3n) is 5.19. The summed E-state index contributed by atoms with van der Waals surface area (Å²) in [5, 5.41) is 10.7. The maximum absolute atomic E-state index is 12.4. The van der Waals surface area contributed by atoms with Crippen molar-refractivity contribution in [2.45, 2.75) is 40.0 Å². The first-order chi connectivity index (χ1) is 13.4. The minimum absolute atomic E-state index is 0.00220. The van der Waals surface area contributed by atoms with Crippen molar-refractivity contribution in [2.24, 2.45) is 4.99 Å². The number of likely N-dealkylation sites (tertiary alicyclic amines) is 1. The van der Waals surface area contributed by atoms with Crippen molar-refractivity contribution in [2.75, 3.05) is 26.2 Å². The minimum atomic E-state index is -0.664. The fourth-order valence-electron chi connectivity index (χ4n) is 3.93. The zero-order valence-corrected chi connectivity index (χ0v) is 16.8. The summed E-state index contributed by atoms with van der Waals surface area (Å²) in [6, 6.07) is 3.87. The SMILES string of the molecule is Cc1cc(C)c(-n2c(O)c(C=NCCN3CCCCC3)c(=O)[nH]c2=O)c(C)c1. The Morgan fingerprint density at radius 2 is 1.75 bits per heavy atom. The Labute approximate surface area is 164 Å². The molecule has 0 aliphatic carbocycles. The lowest BCUT2D eigenvalue weighted by molar-refractivity contribution is 0.235. The van der Waals surface area contributed by atoms with Crippen LogP contribution in [0.1, 0.15) is 41.5 Å². The molecule has 1 aliphatic heterocycles. The van der Waals surface area contributed by atoms with Crippen LogP contribution in [0.25, 0.3) is 5.69 Å². The summed E-state index contributed by atoms with van der Waals surface area (Å²) >= 11 is 0. The van der Waals surface area contributed by atoms with Gasteiger partial charge in [0.2, 0.25) is 5.88 Å². The number of piperidine rings is 1. The molecule has 0 spiro atoms. The molecule has 28 heavy (non-hydrogen) atoms. The normalized spacial score (nSPS) is 15.4. The van der Waals surface area contributed by atoms with Crippen molar-refractivity contribution in [1.82, 2.24) is 14.5 Å². The largest absolute Gasteiger partial charge is 0.493 e. The molecule has 2 aromatic rings. The fourth-order valence-corrected chi connectivity index (χ4v) is 3.93. The Morgan fingerprint density at radius 1 is 1.11 bits per heavy atom. The van der Waals surface area contributed by atoms with E-state index >= 15 is 0 Å². The van der Waals surface area contributed by atoms with Gasteiger partial charge in [-0.15, -0.1) is 0 Å². The molecule has 1 saturated heterocycles. The van der Waals surface area contributed by atoms with E-state index in [1.165, 1.54) is 25.5 Å². The average molecular weight is 384 g/mol. The Morgan fingerprint density at radius 3 is 2.39 bits per heavy atom. The molecule has 0 bridgehead atoms. The van der Waals surface area contributed by atoms with E-state index in [1.54, 1.807) is 0 Å². The number of aryl methyl sites for hydroxylation is 3. The lowest BCUT2D eigenvalue weighted by Crippen LogP contribution is -2.32. The Balaban J connectivity index is 1.91.